The molecule has 0 saturated carbocycles. The monoisotopic (exact) mass is 278 g/mol. The predicted octanol–water partition coefficient (Wildman–Crippen LogP) is 1.32. The van der Waals surface area contributed by atoms with Crippen molar-refractivity contribution in [1.82, 2.24) is 5.32 Å². The number of hydrogen-bond donors (Lipinski definition) is 3. The number of nitrogens with one attached hydrogen (secondary N) is 1. The number of carbonyl (C=O) groups excluding carboxylic acids is 1. The van der Waals surface area contributed by atoms with Crippen molar-refractivity contribution >= 4 is 11.9 Å². The molecule has 0 radical (unpaired) electrons. The lowest BCUT2D eigenvalue weighted by Crippen LogP contribution is -2.41. The Morgan fingerprint density at radius 3 is 2.45 bits per heavy atom. The quantitative estimate of drug-likeness (QED) is 0.668. The first-order chi connectivity index (χ1) is 9.49. The summed E-state index contributed by atoms with van der Waals surface area (Å²) in [6, 6.07) is 8.70. The lowest BCUT2D eigenvalue weighted by Gasteiger charge is -2.15. The molecule has 1 aromatic rings. The number of benzene rings is 1. The molecule has 1 aromatic carbocycles. The maximum Gasteiger partial charge on any atom is 0.326 e. The van der Waals surface area contributed by atoms with Gasteiger partial charge in [0.1, 0.15) is 6.04 Å². The van der Waals surface area contributed by atoms with Gasteiger partial charge in [-0.3, -0.25) is 4.79 Å². The molecule has 1 rings (SSSR count). The van der Waals surface area contributed by atoms with Gasteiger partial charge in [0.25, 0.3) is 0 Å². The third-order valence-corrected chi connectivity index (χ3v) is 3.02. The molecule has 1 unspecified atom stereocenters. The smallest absolute Gasteiger partial charge is 0.326 e. The van der Waals surface area contributed by atoms with Crippen molar-refractivity contribution in [2.75, 3.05) is 0 Å². The Hall–Kier alpha value is -1.88. The Morgan fingerprint density at radius 1 is 1.25 bits per heavy atom. The van der Waals surface area contributed by atoms with Crippen LogP contribution in [0.4, 0.5) is 0 Å². The summed E-state index contributed by atoms with van der Waals surface area (Å²) in [5.41, 5.74) is 6.63. The molecular formula is C15H22N2O3. The molecule has 0 saturated heterocycles. The molecular weight excluding hydrogens is 256 g/mol. The molecule has 0 aliphatic heterocycles. The molecule has 1 amide bonds. The number of aryl methyl sites for hydroxylation is 1. The van der Waals surface area contributed by atoms with E-state index in [1.807, 2.05) is 37.3 Å². The zero-order valence-corrected chi connectivity index (χ0v) is 11.7. The lowest BCUT2D eigenvalue weighted by molar-refractivity contribution is -0.142. The maximum absolute atomic E-state index is 11.6. The van der Waals surface area contributed by atoms with Crippen molar-refractivity contribution < 1.29 is 14.7 Å². The zero-order valence-electron chi connectivity index (χ0n) is 11.7. The van der Waals surface area contributed by atoms with Crippen molar-refractivity contribution in [3.05, 3.63) is 35.9 Å². The van der Waals surface area contributed by atoms with Crippen LogP contribution in [0.2, 0.25) is 0 Å². The van der Waals surface area contributed by atoms with Crippen LogP contribution >= 0.6 is 0 Å². The van der Waals surface area contributed by atoms with Gasteiger partial charge in [-0.1, -0.05) is 30.3 Å². The van der Waals surface area contributed by atoms with E-state index in [2.05, 4.69) is 5.32 Å². The molecule has 0 aliphatic carbocycles. The standard InChI is InChI=1S/C15H22N2O3/c1-11(16)7-10-14(18)17-13(15(19)20)9-8-12-5-3-2-4-6-12/h2-6,11,13H,7-10,16H2,1H3,(H,17,18)(H,19,20)/t11?,13-/m0/s1. The van der Waals surface area contributed by atoms with E-state index < -0.39 is 12.0 Å². The molecule has 0 bridgehead atoms. The van der Waals surface area contributed by atoms with E-state index >= 15 is 0 Å². The Morgan fingerprint density at radius 2 is 1.90 bits per heavy atom. The number of carboxylic acids is 1. The maximum atomic E-state index is 11.6. The number of carboxylic acid groups (broad SMARTS) is 1. The van der Waals surface area contributed by atoms with E-state index in [9.17, 15) is 9.59 Å². The highest BCUT2D eigenvalue weighted by molar-refractivity contribution is 5.83. The first-order valence-corrected chi connectivity index (χ1v) is 6.80. The molecule has 5 nitrogen and oxygen atoms in total. The minimum atomic E-state index is -1.00. The number of hydrogen-bond acceptors (Lipinski definition) is 3. The Labute approximate surface area is 119 Å². The van der Waals surface area contributed by atoms with Crippen LogP contribution in [0.3, 0.4) is 0 Å². The van der Waals surface area contributed by atoms with Crippen LogP contribution in [0.15, 0.2) is 30.3 Å². The fourth-order valence-electron chi connectivity index (χ4n) is 1.84. The van der Waals surface area contributed by atoms with Gasteiger partial charge in [-0.25, -0.2) is 4.79 Å². The highest BCUT2D eigenvalue weighted by atomic mass is 16.4. The zero-order chi connectivity index (χ0) is 15.0. The summed E-state index contributed by atoms with van der Waals surface area (Å²) in [5, 5.41) is 11.7. The molecule has 0 aliphatic rings. The van der Waals surface area contributed by atoms with Gasteiger partial charge < -0.3 is 16.2 Å². The van der Waals surface area contributed by atoms with Crippen LogP contribution in [0.5, 0.6) is 0 Å². The van der Waals surface area contributed by atoms with Gasteiger partial charge in [0.2, 0.25) is 5.91 Å². The first kappa shape index (κ1) is 16.2. The molecule has 2 atom stereocenters. The first-order valence-electron chi connectivity index (χ1n) is 6.80. The van der Waals surface area contributed by atoms with Crippen molar-refractivity contribution in [3.8, 4) is 0 Å². The molecule has 0 aromatic heterocycles. The van der Waals surface area contributed by atoms with Crippen LogP contribution in [-0.4, -0.2) is 29.1 Å². The number of carbonyl (C=O) groups is 2. The molecule has 0 spiro atoms. The van der Waals surface area contributed by atoms with Crippen molar-refractivity contribution in [1.29, 1.82) is 0 Å². The van der Waals surface area contributed by atoms with E-state index in [-0.39, 0.29) is 18.4 Å². The van der Waals surface area contributed by atoms with Crippen LogP contribution in [-0.2, 0) is 16.0 Å². The lowest BCUT2D eigenvalue weighted by atomic mass is 10.0. The van der Waals surface area contributed by atoms with Gasteiger partial charge in [0.15, 0.2) is 0 Å². The highest BCUT2D eigenvalue weighted by Gasteiger charge is 2.19. The largest absolute Gasteiger partial charge is 0.480 e. The highest BCUT2D eigenvalue weighted by Crippen LogP contribution is 2.06. The molecule has 110 valence electrons. The summed E-state index contributed by atoms with van der Waals surface area (Å²) in [6.07, 6.45) is 1.80. The second kappa shape index (κ2) is 8.32. The Bertz CT molecular complexity index is 432. The minimum absolute atomic E-state index is 0.0617. The summed E-state index contributed by atoms with van der Waals surface area (Å²) in [6.45, 7) is 1.82. The van der Waals surface area contributed by atoms with Gasteiger partial charge in [-0.15, -0.1) is 0 Å². The van der Waals surface area contributed by atoms with E-state index in [0.29, 0.717) is 19.3 Å². The molecule has 0 fully saturated rings. The van der Waals surface area contributed by atoms with Crippen molar-refractivity contribution in [2.24, 2.45) is 5.73 Å². The second-order valence-corrected chi connectivity index (χ2v) is 5.00. The predicted molar refractivity (Wildman–Crippen MR) is 77.2 cm³/mol. The molecule has 5 heteroatoms. The fourth-order valence-corrected chi connectivity index (χ4v) is 1.84. The summed E-state index contributed by atoms with van der Waals surface area (Å²) >= 11 is 0. The third kappa shape index (κ3) is 6.33. The second-order valence-electron chi connectivity index (χ2n) is 5.00. The van der Waals surface area contributed by atoms with E-state index in [1.165, 1.54) is 0 Å². The van der Waals surface area contributed by atoms with Crippen LogP contribution < -0.4 is 11.1 Å². The average Bonchev–Trinajstić information content (AvgIpc) is 2.42. The molecule has 20 heavy (non-hydrogen) atoms. The Kier molecular flexibility index (Phi) is 6.73. The summed E-state index contributed by atoms with van der Waals surface area (Å²) < 4.78 is 0. The number of rotatable bonds is 8. The number of nitrogens with two attached hydrogens (primary N) is 1. The van der Waals surface area contributed by atoms with Gasteiger partial charge in [0, 0.05) is 12.5 Å². The molecule has 4 N–H and O–H groups in total. The minimum Gasteiger partial charge on any atom is -0.480 e. The number of amides is 1. The van der Waals surface area contributed by atoms with Gasteiger partial charge in [-0.2, -0.15) is 0 Å². The van der Waals surface area contributed by atoms with Gasteiger partial charge >= 0.3 is 5.97 Å². The summed E-state index contributed by atoms with van der Waals surface area (Å²) in [7, 11) is 0. The summed E-state index contributed by atoms with van der Waals surface area (Å²) in [5.74, 6) is -1.27. The number of aliphatic carboxylic acids is 1. The normalized spacial score (nSPS) is 13.5. The summed E-state index contributed by atoms with van der Waals surface area (Å²) in [4.78, 5) is 22.8. The van der Waals surface area contributed by atoms with E-state index in [0.717, 1.165) is 5.56 Å². The van der Waals surface area contributed by atoms with Gasteiger partial charge in [0.05, 0.1) is 0 Å². The van der Waals surface area contributed by atoms with Crippen molar-refractivity contribution in [2.45, 2.75) is 44.7 Å². The van der Waals surface area contributed by atoms with E-state index in [4.69, 9.17) is 10.8 Å². The topological polar surface area (TPSA) is 92.4 Å². The van der Waals surface area contributed by atoms with Crippen molar-refractivity contribution in [3.63, 3.8) is 0 Å². The third-order valence-electron chi connectivity index (χ3n) is 3.02. The SMILES string of the molecule is CC(N)CCC(=O)N[C@@H](CCc1ccccc1)C(=O)O. The van der Waals surface area contributed by atoms with E-state index in [1.54, 1.807) is 0 Å². The van der Waals surface area contributed by atoms with Crippen LogP contribution in [0.25, 0.3) is 0 Å². The molecule has 0 heterocycles. The van der Waals surface area contributed by atoms with Crippen LogP contribution in [0.1, 0.15) is 31.7 Å². The fraction of sp³-hybridized carbons (Fsp3) is 0.467. The average molecular weight is 278 g/mol. The Balaban J connectivity index is 2.44. The van der Waals surface area contributed by atoms with Gasteiger partial charge in [-0.05, 0) is 31.7 Å². The van der Waals surface area contributed by atoms with Crippen LogP contribution in [0, 0.1) is 0 Å².